The van der Waals surface area contributed by atoms with E-state index in [1.165, 1.54) is 0 Å². The quantitative estimate of drug-likeness (QED) is 0.343. The van der Waals surface area contributed by atoms with Crippen molar-refractivity contribution in [1.29, 1.82) is 0 Å². The van der Waals surface area contributed by atoms with Crippen LogP contribution in [0, 0.1) is 0 Å². The standard InChI is InChI=1S/C26H19N5O4S/c32-24(28-19-9-8-17-13-36(34,35)14-18(17)10-19)20-6-3-7-21-23(20)30-26(29-21)31-25(33)22-11-15-4-1-2-5-16(15)12-27-22/h1-12H,13-14H2,(H,28,32)(H2,29,30,31,33). The maximum atomic E-state index is 13.1. The molecule has 6 rings (SSSR count). The summed E-state index contributed by atoms with van der Waals surface area (Å²) in [5.74, 6) is -0.656. The van der Waals surface area contributed by atoms with E-state index in [0.29, 0.717) is 27.8 Å². The van der Waals surface area contributed by atoms with Crippen molar-refractivity contribution in [3.8, 4) is 0 Å². The number of nitrogens with zero attached hydrogens (tertiary/aromatic N) is 2. The van der Waals surface area contributed by atoms with Crippen molar-refractivity contribution >= 4 is 55.1 Å². The van der Waals surface area contributed by atoms with Crippen molar-refractivity contribution in [2.24, 2.45) is 0 Å². The van der Waals surface area contributed by atoms with Crippen molar-refractivity contribution in [3.63, 3.8) is 0 Å². The Bertz CT molecular complexity index is 1810. The lowest BCUT2D eigenvalue weighted by Gasteiger charge is -2.07. The number of carbonyl (C=O) groups is 2. The molecular formula is C26H19N5O4S. The molecule has 5 aromatic rings. The highest BCUT2D eigenvalue weighted by Crippen LogP contribution is 2.28. The molecular weight excluding hydrogens is 478 g/mol. The number of anilines is 2. The van der Waals surface area contributed by atoms with Gasteiger partial charge in [0.2, 0.25) is 5.95 Å². The molecule has 178 valence electrons. The molecule has 3 heterocycles. The number of aromatic amines is 1. The third kappa shape index (κ3) is 4.07. The van der Waals surface area contributed by atoms with E-state index in [0.717, 1.165) is 16.3 Å². The molecule has 0 atom stereocenters. The largest absolute Gasteiger partial charge is 0.324 e. The lowest BCUT2D eigenvalue weighted by Crippen LogP contribution is -2.14. The van der Waals surface area contributed by atoms with Crippen LogP contribution in [-0.4, -0.2) is 35.2 Å². The van der Waals surface area contributed by atoms with Crippen LogP contribution in [0.3, 0.4) is 0 Å². The second-order valence-corrected chi connectivity index (χ2v) is 10.7. The van der Waals surface area contributed by atoms with Crippen molar-refractivity contribution in [2.45, 2.75) is 11.5 Å². The molecule has 1 aliphatic rings. The molecule has 9 nitrogen and oxygen atoms in total. The Morgan fingerprint density at radius 1 is 0.833 bits per heavy atom. The van der Waals surface area contributed by atoms with Gasteiger partial charge >= 0.3 is 0 Å². The summed E-state index contributed by atoms with van der Waals surface area (Å²) < 4.78 is 23.8. The normalized spacial score (nSPS) is 14.0. The van der Waals surface area contributed by atoms with Crippen LogP contribution in [0.2, 0.25) is 0 Å². The minimum atomic E-state index is -3.14. The van der Waals surface area contributed by atoms with E-state index in [2.05, 4.69) is 25.6 Å². The van der Waals surface area contributed by atoms with E-state index in [-0.39, 0.29) is 23.1 Å². The van der Waals surface area contributed by atoms with Gasteiger partial charge in [0, 0.05) is 17.3 Å². The zero-order valence-electron chi connectivity index (χ0n) is 18.8. The monoisotopic (exact) mass is 497 g/mol. The number of carbonyl (C=O) groups excluding carboxylic acids is 2. The van der Waals surface area contributed by atoms with Crippen LogP contribution in [0.5, 0.6) is 0 Å². The Morgan fingerprint density at radius 2 is 1.64 bits per heavy atom. The highest BCUT2D eigenvalue weighted by Gasteiger charge is 2.25. The molecule has 2 aromatic heterocycles. The molecule has 10 heteroatoms. The Kier molecular flexibility index (Phi) is 5.04. The van der Waals surface area contributed by atoms with Crippen LogP contribution >= 0.6 is 0 Å². The summed E-state index contributed by atoms with van der Waals surface area (Å²) in [7, 11) is -3.14. The molecule has 0 saturated heterocycles. The van der Waals surface area contributed by atoms with Crippen molar-refractivity contribution < 1.29 is 18.0 Å². The van der Waals surface area contributed by atoms with Gasteiger partial charge in [-0.3, -0.25) is 19.9 Å². The lowest BCUT2D eigenvalue weighted by molar-refractivity contribution is 0.101. The third-order valence-electron chi connectivity index (χ3n) is 6.07. The molecule has 0 bridgehead atoms. The van der Waals surface area contributed by atoms with Crippen molar-refractivity contribution in [1.82, 2.24) is 15.0 Å². The van der Waals surface area contributed by atoms with Gasteiger partial charge in [-0.2, -0.15) is 0 Å². The summed E-state index contributed by atoms with van der Waals surface area (Å²) in [4.78, 5) is 37.5. The predicted molar refractivity (Wildman–Crippen MR) is 137 cm³/mol. The predicted octanol–water partition coefficient (Wildman–Crippen LogP) is 4.04. The number of benzene rings is 3. The summed E-state index contributed by atoms with van der Waals surface area (Å²) in [5.41, 5.74) is 3.46. The first-order valence-electron chi connectivity index (χ1n) is 11.1. The summed E-state index contributed by atoms with van der Waals surface area (Å²) in [6, 6.07) is 19.5. The average molecular weight is 498 g/mol. The lowest BCUT2D eigenvalue weighted by atomic mass is 10.1. The fourth-order valence-corrected chi connectivity index (χ4v) is 5.96. The first kappa shape index (κ1) is 21.9. The molecule has 36 heavy (non-hydrogen) atoms. The minimum Gasteiger partial charge on any atom is -0.324 e. The van der Waals surface area contributed by atoms with Gasteiger partial charge in [0.05, 0.1) is 22.6 Å². The Hall–Kier alpha value is -4.57. The van der Waals surface area contributed by atoms with Gasteiger partial charge in [-0.15, -0.1) is 0 Å². The average Bonchev–Trinajstić information content (AvgIpc) is 3.41. The van der Waals surface area contributed by atoms with Crippen LogP contribution in [0.1, 0.15) is 32.0 Å². The van der Waals surface area contributed by atoms with E-state index >= 15 is 0 Å². The fourth-order valence-electron chi connectivity index (χ4n) is 4.36. The van der Waals surface area contributed by atoms with E-state index in [1.54, 1.807) is 48.7 Å². The number of pyridine rings is 1. The number of H-pyrrole nitrogens is 1. The Morgan fingerprint density at radius 3 is 2.50 bits per heavy atom. The number of para-hydroxylation sites is 1. The second-order valence-electron chi connectivity index (χ2n) is 8.63. The van der Waals surface area contributed by atoms with E-state index in [9.17, 15) is 18.0 Å². The number of rotatable bonds is 4. The zero-order chi connectivity index (χ0) is 24.9. The highest BCUT2D eigenvalue weighted by molar-refractivity contribution is 7.90. The topological polar surface area (TPSA) is 134 Å². The molecule has 0 aliphatic carbocycles. The second kappa shape index (κ2) is 8.28. The number of hydrogen-bond acceptors (Lipinski definition) is 6. The van der Waals surface area contributed by atoms with Gasteiger partial charge in [0.25, 0.3) is 11.8 Å². The summed E-state index contributed by atoms with van der Waals surface area (Å²) >= 11 is 0. The zero-order valence-corrected chi connectivity index (χ0v) is 19.6. The molecule has 0 spiro atoms. The van der Waals surface area contributed by atoms with E-state index < -0.39 is 21.7 Å². The molecule has 0 fully saturated rings. The minimum absolute atomic E-state index is 0.0202. The number of aromatic nitrogens is 3. The molecule has 2 amide bonds. The van der Waals surface area contributed by atoms with Gasteiger partial charge in [-0.25, -0.2) is 13.4 Å². The number of fused-ring (bicyclic) bond motifs is 3. The Labute approximate surface area is 205 Å². The van der Waals surface area contributed by atoms with E-state index in [1.807, 2.05) is 24.3 Å². The number of nitrogens with one attached hydrogen (secondary N) is 3. The number of imidazole rings is 1. The van der Waals surface area contributed by atoms with Crippen LogP contribution in [-0.2, 0) is 21.3 Å². The summed E-state index contributed by atoms with van der Waals surface area (Å²) in [6.45, 7) is 0. The summed E-state index contributed by atoms with van der Waals surface area (Å²) in [6.07, 6.45) is 1.64. The van der Waals surface area contributed by atoms with Crippen LogP contribution in [0.15, 0.2) is 72.9 Å². The van der Waals surface area contributed by atoms with Crippen molar-refractivity contribution in [3.05, 3.63) is 95.3 Å². The van der Waals surface area contributed by atoms with Crippen molar-refractivity contribution in [2.75, 3.05) is 10.6 Å². The molecule has 0 unspecified atom stereocenters. The Balaban J connectivity index is 1.24. The number of hydrogen-bond donors (Lipinski definition) is 3. The number of sulfone groups is 1. The van der Waals surface area contributed by atoms with Gasteiger partial charge in [-0.05, 0) is 46.8 Å². The fraction of sp³-hybridized carbons (Fsp3) is 0.0769. The molecule has 3 N–H and O–H groups in total. The van der Waals surface area contributed by atoms with Crippen LogP contribution in [0.4, 0.5) is 11.6 Å². The van der Waals surface area contributed by atoms with Crippen LogP contribution < -0.4 is 10.6 Å². The molecule has 1 aliphatic heterocycles. The number of amides is 2. The first-order valence-corrected chi connectivity index (χ1v) is 13.0. The molecule has 0 saturated carbocycles. The highest BCUT2D eigenvalue weighted by atomic mass is 32.2. The first-order chi connectivity index (χ1) is 17.3. The van der Waals surface area contributed by atoms with Crippen LogP contribution in [0.25, 0.3) is 21.8 Å². The maximum absolute atomic E-state index is 13.1. The maximum Gasteiger partial charge on any atom is 0.276 e. The SMILES string of the molecule is O=C(Nc1nc2c(C(=O)Nc3ccc4c(c3)CS(=O)(=O)C4)cccc2[nH]1)c1cc2ccccc2cn1. The van der Waals surface area contributed by atoms with Gasteiger partial charge < -0.3 is 10.3 Å². The third-order valence-corrected chi connectivity index (χ3v) is 7.57. The van der Waals surface area contributed by atoms with Gasteiger partial charge in [0.1, 0.15) is 11.2 Å². The molecule has 0 radical (unpaired) electrons. The smallest absolute Gasteiger partial charge is 0.276 e. The molecule has 3 aromatic carbocycles. The van der Waals surface area contributed by atoms with Gasteiger partial charge in [-0.1, -0.05) is 36.4 Å². The van der Waals surface area contributed by atoms with E-state index in [4.69, 9.17) is 0 Å². The van der Waals surface area contributed by atoms with Gasteiger partial charge in [0.15, 0.2) is 9.84 Å². The summed E-state index contributed by atoms with van der Waals surface area (Å²) in [5, 5.41) is 7.35.